The monoisotopic (exact) mass is 713 g/mol. The summed E-state index contributed by atoms with van der Waals surface area (Å²) in [6.45, 7) is 2.01. The molecule has 1 N–H and O–H groups in total. The molecule has 0 saturated carbocycles. The molecule has 3 aliphatic heterocycles. The Labute approximate surface area is 296 Å². The second-order valence-electron chi connectivity index (χ2n) is 13.2. The number of halogens is 2. The van der Waals surface area contributed by atoms with Gasteiger partial charge in [0.05, 0.1) is 10.3 Å². The normalized spacial score (nSPS) is 21.7. The Morgan fingerprint density at radius 1 is 1.06 bits per heavy atom. The van der Waals surface area contributed by atoms with Gasteiger partial charge in [-0.15, -0.1) is 0 Å². The Hall–Kier alpha value is -5.18. The Morgan fingerprint density at radius 2 is 1.80 bits per heavy atom. The molecular formula is C36H33ClFN7O6. The first-order valence-corrected chi connectivity index (χ1v) is 17.1. The molecule has 8 rings (SSSR count). The van der Waals surface area contributed by atoms with Crippen molar-refractivity contribution in [3.63, 3.8) is 0 Å². The van der Waals surface area contributed by atoms with E-state index in [1.807, 2.05) is 36.2 Å². The van der Waals surface area contributed by atoms with Gasteiger partial charge in [-0.3, -0.25) is 20.0 Å². The summed E-state index contributed by atoms with van der Waals surface area (Å²) >= 11 is 6.60. The van der Waals surface area contributed by atoms with E-state index >= 15 is 4.39 Å². The molecule has 0 aliphatic carbocycles. The number of nitro benzene ring substituents is 1. The summed E-state index contributed by atoms with van der Waals surface area (Å²) in [5.41, 5.74) is 0.678. The van der Waals surface area contributed by atoms with Gasteiger partial charge in [0, 0.05) is 78.5 Å². The van der Waals surface area contributed by atoms with Crippen LogP contribution in [0, 0.1) is 15.9 Å². The lowest BCUT2D eigenvalue weighted by Crippen LogP contribution is -2.51. The molecule has 0 radical (unpaired) electrons. The number of piperazine rings is 1. The highest BCUT2D eigenvalue weighted by atomic mass is 35.5. The number of anilines is 1. The average molecular weight is 714 g/mol. The van der Waals surface area contributed by atoms with E-state index in [0.29, 0.717) is 65.3 Å². The molecule has 3 aromatic carbocycles. The molecule has 2 bridgehead atoms. The zero-order valence-corrected chi connectivity index (χ0v) is 28.3. The molecule has 5 heterocycles. The minimum Gasteiger partial charge on any atom is -0.462 e. The number of hydrogen-bond donors (Lipinski definition) is 1. The van der Waals surface area contributed by atoms with E-state index in [4.69, 9.17) is 30.8 Å². The number of rotatable bonds is 8. The van der Waals surface area contributed by atoms with Crippen LogP contribution in [-0.4, -0.2) is 88.4 Å². The Bertz CT molecular complexity index is 2140. The molecule has 0 amide bonds. The number of hydrogen-bond acceptors (Lipinski definition) is 12. The second kappa shape index (κ2) is 13.5. The molecule has 13 nitrogen and oxygen atoms in total. The van der Waals surface area contributed by atoms with E-state index in [0.717, 1.165) is 18.2 Å². The number of ether oxygens (including phenoxy) is 3. The number of fused-ring (bicyclic) bond motifs is 4. The van der Waals surface area contributed by atoms with E-state index in [9.17, 15) is 14.9 Å². The lowest BCUT2D eigenvalue weighted by molar-refractivity contribution is -0.384. The van der Waals surface area contributed by atoms with Crippen molar-refractivity contribution in [2.24, 2.45) is 0 Å². The third-order valence-corrected chi connectivity index (χ3v) is 10.1. The van der Waals surface area contributed by atoms with Crippen molar-refractivity contribution >= 4 is 50.9 Å². The Morgan fingerprint density at radius 3 is 2.55 bits per heavy atom. The number of non-ortho nitro benzene ring substituents is 1. The van der Waals surface area contributed by atoms with E-state index < -0.39 is 23.0 Å². The summed E-state index contributed by atoms with van der Waals surface area (Å²) in [6.07, 6.45) is 2.79. The molecule has 15 heteroatoms. The molecule has 262 valence electrons. The predicted molar refractivity (Wildman–Crippen MR) is 188 cm³/mol. The third kappa shape index (κ3) is 6.57. The van der Waals surface area contributed by atoms with Crippen LogP contribution < -0.4 is 19.7 Å². The van der Waals surface area contributed by atoms with Crippen LogP contribution in [0.1, 0.15) is 19.3 Å². The minimum absolute atomic E-state index is 0.0331. The summed E-state index contributed by atoms with van der Waals surface area (Å²) < 4.78 is 33.7. The van der Waals surface area contributed by atoms with Crippen molar-refractivity contribution < 1.29 is 28.3 Å². The summed E-state index contributed by atoms with van der Waals surface area (Å²) in [6, 6.07) is 16.8. The standard InChI is InChI=1S/C36H33ClFN7O6/c1-43-18-26(51-36(46)50-25-12-10-23(11-13-25)45(47)48)14-24(43)19-49-35-41-33-28(34(42-35)44-16-21-8-9-22(17-44)40-21)15-39-32(31(33)38)27-6-2-4-20-5-3-7-29(37)30(20)27/h2-7,10-13,15,21-22,24,26,40H,8-9,14,16-19H2,1H3/t21?,22?,24-,26+/m0/s1. The zero-order chi connectivity index (χ0) is 35.2. The fourth-order valence-corrected chi connectivity index (χ4v) is 7.63. The largest absolute Gasteiger partial charge is 0.514 e. The number of carbonyl (C=O) groups excluding carboxylic acids is 1. The smallest absolute Gasteiger partial charge is 0.462 e. The van der Waals surface area contributed by atoms with Crippen LogP contribution >= 0.6 is 11.6 Å². The van der Waals surface area contributed by atoms with Crippen LogP contribution in [0.15, 0.2) is 66.9 Å². The summed E-state index contributed by atoms with van der Waals surface area (Å²) in [5.74, 6) is 0.106. The summed E-state index contributed by atoms with van der Waals surface area (Å²) in [5, 5.41) is 17.1. The SMILES string of the molecule is CN1C[C@H](OC(=O)Oc2ccc([N+](=O)[O-])cc2)C[C@H]1COc1nc(N2CC3CCC(C2)N3)c2cnc(-c3cccc4cccc(Cl)c34)c(F)c2n1. The van der Waals surface area contributed by atoms with E-state index in [2.05, 4.69) is 20.2 Å². The lowest BCUT2D eigenvalue weighted by atomic mass is 10.0. The zero-order valence-electron chi connectivity index (χ0n) is 27.5. The highest BCUT2D eigenvalue weighted by Crippen LogP contribution is 2.38. The molecule has 51 heavy (non-hydrogen) atoms. The first kappa shape index (κ1) is 33.0. The van der Waals surface area contributed by atoms with Gasteiger partial charge in [0.1, 0.15) is 35.5 Å². The maximum Gasteiger partial charge on any atom is 0.514 e. The quantitative estimate of drug-likeness (QED) is 0.0852. The fraction of sp³-hybridized carbons (Fsp3) is 0.333. The van der Waals surface area contributed by atoms with Crippen LogP contribution in [0.5, 0.6) is 11.8 Å². The number of carbonyl (C=O) groups is 1. The molecule has 3 saturated heterocycles. The first-order chi connectivity index (χ1) is 24.7. The van der Waals surface area contributed by atoms with Crippen LogP contribution in [0.4, 0.5) is 20.7 Å². The van der Waals surface area contributed by atoms with Gasteiger partial charge < -0.3 is 24.4 Å². The number of nitrogens with zero attached hydrogens (tertiary/aromatic N) is 6. The number of likely N-dealkylation sites (tertiary alicyclic amines) is 1. The van der Waals surface area contributed by atoms with E-state index in [1.165, 1.54) is 24.3 Å². The van der Waals surface area contributed by atoms with E-state index in [1.54, 1.807) is 18.3 Å². The second-order valence-corrected chi connectivity index (χ2v) is 13.6. The van der Waals surface area contributed by atoms with Crippen LogP contribution in [-0.2, 0) is 4.74 Å². The maximum atomic E-state index is 16.7. The van der Waals surface area contributed by atoms with Crippen LogP contribution in [0.3, 0.4) is 0 Å². The van der Waals surface area contributed by atoms with Crippen molar-refractivity contribution in [2.45, 2.75) is 43.5 Å². The van der Waals surface area contributed by atoms with Crippen molar-refractivity contribution in [3.05, 3.63) is 87.8 Å². The number of benzene rings is 3. The summed E-state index contributed by atoms with van der Waals surface area (Å²) in [7, 11) is 1.88. The summed E-state index contributed by atoms with van der Waals surface area (Å²) in [4.78, 5) is 41.0. The van der Waals surface area contributed by atoms with Gasteiger partial charge in [-0.25, -0.2) is 9.18 Å². The molecular weight excluding hydrogens is 681 g/mol. The van der Waals surface area contributed by atoms with Crippen LogP contribution in [0.2, 0.25) is 5.02 Å². The maximum absolute atomic E-state index is 16.7. The molecule has 3 fully saturated rings. The third-order valence-electron chi connectivity index (χ3n) is 9.83. The van der Waals surface area contributed by atoms with Crippen molar-refractivity contribution in [1.82, 2.24) is 25.2 Å². The molecule has 0 spiro atoms. The van der Waals surface area contributed by atoms with Gasteiger partial charge in [-0.05, 0) is 43.5 Å². The molecule has 4 atom stereocenters. The number of pyridine rings is 1. The van der Waals surface area contributed by atoms with E-state index in [-0.39, 0.29) is 41.3 Å². The molecule has 5 aromatic rings. The fourth-order valence-electron chi connectivity index (χ4n) is 7.35. The van der Waals surface area contributed by atoms with Crippen LogP contribution in [0.25, 0.3) is 32.9 Å². The number of nitrogens with one attached hydrogen (secondary N) is 1. The first-order valence-electron chi connectivity index (χ1n) is 16.7. The predicted octanol–water partition coefficient (Wildman–Crippen LogP) is 6.15. The topological polar surface area (TPSA) is 145 Å². The average Bonchev–Trinajstić information content (AvgIpc) is 3.65. The molecule has 3 aliphatic rings. The van der Waals surface area contributed by atoms with Gasteiger partial charge >= 0.3 is 12.2 Å². The van der Waals surface area contributed by atoms with Crippen molar-refractivity contribution in [1.29, 1.82) is 0 Å². The minimum atomic E-state index is -0.913. The lowest BCUT2D eigenvalue weighted by Gasteiger charge is -2.34. The Kier molecular flexibility index (Phi) is 8.74. The van der Waals surface area contributed by atoms with Gasteiger partial charge in [0.15, 0.2) is 5.82 Å². The van der Waals surface area contributed by atoms with Gasteiger partial charge in [-0.2, -0.15) is 9.97 Å². The number of likely N-dealkylation sites (N-methyl/N-ethyl adjacent to an activating group) is 1. The van der Waals surface area contributed by atoms with Gasteiger partial charge in [0.2, 0.25) is 0 Å². The number of aromatic nitrogens is 3. The Balaban J connectivity index is 1.04. The van der Waals surface area contributed by atoms with Crippen molar-refractivity contribution in [2.75, 3.05) is 38.2 Å². The molecule has 2 aromatic heterocycles. The highest BCUT2D eigenvalue weighted by molar-refractivity contribution is 6.36. The molecule has 2 unspecified atom stereocenters. The van der Waals surface area contributed by atoms with Gasteiger partial charge in [-0.1, -0.05) is 41.9 Å². The van der Waals surface area contributed by atoms with Gasteiger partial charge in [0.25, 0.3) is 5.69 Å². The van der Waals surface area contributed by atoms with Crippen molar-refractivity contribution in [3.8, 4) is 23.0 Å². The highest BCUT2D eigenvalue weighted by Gasteiger charge is 2.36. The number of nitro groups is 1.